The van der Waals surface area contributed by atoms with Crippen LogP contribution in [0.2, 0.25) is 0 Å². The number of cyclic esters (lactones) is 1. The van der Waals surface area contributed by atoms with E-state index >= 15 is 0 Å². The number of hydrogen-bond donors (Lipinski definition) is 1. The van der Waals surface area contributed by atoms with Crippen LogP contribution in [0, 0.1) is 5.92 Å². The van der Waals surface area contributed by atoms with Gasteiger partial charge in [-0.05, 0) is 36.2 Å². The van der Waals surface area contributed by atoms with E-state index < -0.39 is 12.0 Å². The third-order valence-electron chi connectivity index (χ3n) is 7.96. The zero-order chi connectivity index (χ0) is 29.1. The summed E-state index contributed by atoms with van der Waals surface area (Å²) in [4.78, 5) is 65.4. The Hall–Kier alpha value is -4.74. The van der Waals surface area contributed by atoms with E-state index in [0.29, 0.717) is 55.9 Å². The average molecular weight is 573 g/mol. The molecule has 12 heteroatoms. The molecule has 0 saturated carbocycles. The van der Waals surface area contributed by atoms with Crippen molar-refractivity contribution in [1.82, 2.24) is 30.0 Å². The summed E-state index contributed by atoms with van der Waals surface area (Å²) >= 11 is 0. The van der Waals surface area contributed by atoms with Gasteiger partial charge in [0.2, 0.25) is 11.8 Å². The second-order valence-corrected chi connectivity index (χ2v) is 10.6. The van der Waals surface area contributed by atoms with Gasteiger partial charge in [-0.15, -0.1) is 0 Å². The Labute approximate surface area is 242 Å². The van der Waals surface area contributed by atoms with E-state index in [1.807, 2.05) is 48.5 Å². The van der Waals surface area contributed by atoms with Gasteiger partial charge in [0.25, 0.3) is 5.91 Å². The molecule has 2 atom stereocenters. The van der Waals surface area contributed by atoms with Gasteiger partial charge in [0.15, 0.2) is 0 Å². The number of nitrogens with one attached hydrogen (secondary N) is 1. The third kappa shape index (κ3) is 5.83. The summed E-state index contributed by atoms with van der Waals surface area (Å²) in [6.45, 7) is 2.53. The Morgan fingerprint density at radius 2 is 1.71 bits per heavy atom. The van der Waals surface area contributed by atoms with E-state index in [1.54, 1.807) is 9.80 Å². The minimum atomic E-state index is -0.496. The number of likely N-dealkylation sites (tertiary alicyclic amines) is 1. The van der Waals surface area contributed by atoms with Crippen LogP contribution < -0.4 is 10.1 Å². The number of nitrogens with zero attached hydrogens (tertiary/aromatic N) is 5. The van der Waals surface area contributed by atoms with Gasteiger partial charge in [-0.25, -0.2) is 9.78 Å². The van der Waals surface area contributed by atoms with Crippen LogP contribution in [-0.4, -0.2) is 108 Å². The topological polar surface area (TPSA) is 134 Å². The summed E-state index contributed by atoms with van der Waals surface area (Å²) in [5.74, 6) is -0.705. The lowest BCUT2D eigenvalue weighted by Gasteiger charge is -2.24. The highest BCUT2D eigenvalue weighted by Gasteiger charge is 2.41. The van der Waals surface area contributed by atoms with Crippen molar-refractivity contribution >= 4 is 34.8 Å². The molecule has 42 heavy (non-hydrogen) atoms. The van der Waals surface area contributed by atoms with E-state index in [2.05, 4.69) is 15.3 Å². The van der Waals surface area contributed by atoms with Crippen LogP contribution in [0.4, 0.5) is 4.79 Å². The second kappa shape index (κ2) is 12.0. The van der Waals surface area contributed by atoms with E-state index in [1.165, 1.54) is 11.1 Å². The summed E-state index contributed by atoms with van der Waals surface area (Å²) in [5, 5.41) is 3.02. The molecule has 1 aromatic heterocycles. The van der Waals surface area contributed by atoms with E-state index in [0.717, 1.165) is 5.56 Å². The first-order valence-electron chi connectivity index (χ1n) is 14.2. The van der Waals surface area contributed by atoms with E-state index in [-0.39, 0.29) is 55.6 Å². The van der Waals surface area contributed by atoms with Crippen LogP contribution in [0.3, 0.4) is 0 Å². The number of rotatable bonds is 3. The number of aromatic nitrogens is 2. The van der Waals surface area contributed by atoms with Crippen molar-refractivity contribution in [2.75, 3.05) is 59.0 Å². The lowest BCUT2D eigenvalue weighted by atomic mass is 9.88. The minimum absolute atomic E-state index is 0.0749. The highest BCUT2D eigenvalue weighted by atomic mass is 16.6. The second-order valence-electron chi connectivity index (χ2n) is 10.6. The minimum Gasteiger partial charge on any atom is -0.492 e. The summed E-state index contributed by atoms with van der Waals surface area (Å²) in [5.41, 5.74) is 2.50. The average Bonchev–Trinajstić information content (AvgIpc) is 3.64. The molecule has 3 aliphatic rings. The monoisotopic (exact) mass is 572 g/mol. The maximum Gasteiger partial charge on any atom is 0.410 e. The molecule has 3 aliphatic heterocycles. The van der Waals surface area contributed by atoms with E-state index in [9.17, 15) is 19.2 Å². The first kappa shape index (κ1) is 27.4. The molecule has 0 unspecified atom stereocenters. The predicted molar refractivity (Wildman–Crippen MR) is 151 cm³/mol. The van der Waals surface area contributed by atoms with Gasteiger partial charge in [0, 0.05) is 32.1 Å². The van der Waals surface area contributed by atoms with Crippen LogP contribution in [0.15, 0.2) is 54.7 Å². The molecular weight excluding hydrogens is 540 g/mol. The Bertz CT molecular complexity index is 1510. The molecule has 1 N–H and O–H groups in total. The van der Waals surface area contributed by atoms with Crippen molar-refractivity contribution in [1.29, 1.82) is 0 Å². The summed E-state index contributed by atoms with van der Waals surface area (Å²) in [6.07, 6.45) is 1.52. The predicted octanol–water partition coefficient (Wildman–Crippen LogP) is 1.67. The van der Waals surface area contributed by atoms with Crippen molar-refractivity contribution in [3.05, 3.63) is 66.0 Å². The third-order valence-corrected chi connectivity index (χ3v) is 7.96. The largest absolute Gasteiger partial charge is 0.492 e. The van der Waals surface area contributed by atoms with Crippen LogP contribution in [0.1, 0.15) is 28.4 Å². The van der Waals surface area contributed by atoms with Gasteiger partial charge in [-0.3, -0.25) is 24.3 Å². The molecular formula is C30H32N6O6. The number of carbonyl (C=O) groups excluding carboxylic acids is 4. The van der Waals surface area contributed by atoms with Crippen molar-refractivity contribution < 1.29 is 28.7 Å². The lowest BCUT2D eigenvalue weighted by Crippen LogP contribution is -2.41. The van der Waals surface area contributed by atoms with Crippen LogP contribution in [0.5, 0.6) is 5.75 Å². The molecule has 2 fully saturated rings. The molecule has 4 heterocycles. The molecule has 0 spiro atoms. The maximum atomic E-state index is 13.4. The smallest absolute Gasteiger partial charge is 0.410 e. The molecule has 2 aromatic carbocycles. The number of ether oxygens (including phenoxy) is 2. The summed E-state index contributed by atoms with van der Waals surface area (Å²) in [7, 11) is 0. The number of fused-ring (bicyclic) bond motifs is 5. The van der Waals surface area contributed by atoms with Crippen LogP contribution in [0.25, 0.3) is 11.0 Å². The van der Waals surface area contributed by atoms with Gasteiger partial charge < -0.3 is 24.6 Å². The number of benzene rings is 2. The van der Waals surface area contributed by atoms with Crippen LogP contribution in [-0.2, 0) is 14.3 Å². The van der Waals surface area contributed by atoms with E-state index in [4.69, 9.17) is 9.47 Å². The molecule has 3 aromatic rings. The molecule has 6 rings (SSSR count). The van der Waals surface area contributed by atoms with Gasteiger partial charge in [-0.1, -0.05) is 24.3 Å². The summed E-state index contributed by atoms with van der Waals surface area (Å²) in [6, 6.07) is 14.9. The highest BCUT2D eigenvalue weighted by molar-refractivity contribution is 5.93. The Morgan fingerprint density at radius 3 is 2.55 bits per heavy atom. The van der Waals surface area contributed by atoms with Gasteiger partial charge in [0.05, 0.1) is 36.2 Å². The standard InChI is InChI=1S/C30H32N6O6/c37-27(19-35-12-14-42-30(35)40)36-17-22-20-5-3-6-21(15-20)41-13-11-34(10-4-9-31-28(38)23(22)18-36)29(39)26-16-32-24-7-1-2-8-25(24)33-26/h1-3,5-8,15-16,22-23H,4,9-14,17-19H2,(H,31,38)/t22-,23+/m1/s1. The quantitative estimate of drug-likeness (QED) is 0.501. The summed E-state index contributed by atoms with van der Waals surface area (Å²) < 4.78 is 11.0. The van der Waals surface area contributed by atoms with Gasteiger partial charge in [0.1, 0.15) is 31.2 Å². The Balaban J connectivity index is 1.18. The normalized spacial score (nSPS) is 21.3. The van der Waals surface area contributed by atoms with Gasteiger partial charge >= 0.3 is 6.09 Å². The molecule has 0 aliphatic carbocycles. The molecule has 4 amide bonds. The zero-order valence-electron chi connectivity index (χ0n) is 23.1. The molecule has 12 nitrogen and oxygen atoms in total. The number of amides is 4. The molecule has 2 bridgehead atoms. The Kier molecular flexibility index (Phi) is 7.85. The lowest BCUT2D eigenvalue weighted by molar-refractivity contribution is -0.131. The first-order chi connectivity index (χ1) is 20.5. The fraction of sp³-hybridized carbons (Fsp3) is 0.400. The van der Waals surface area contributed by atoms with Crippen molar-refractivity contribution in [2.45, 2.75) is 12.3 Å². The van der Waals surface area contributed by atoms with Crippen LogP contribution >= 0.6 is 0 Å². The zero-order valence-corrected chi connectivity index (χ0v) is 23.1. The number of hydrogen-bond acceptors (Lipinski definition) is 8. The van der Waals surface area contributed by atoms with Crippen molar-refractivity contribution in [2.24, 2.45) is 5.92 Å². The first-order valence-corrected chi connectivity index (χ1v) is 14.2. The maximum absolute atomic E-state index is 13.4. The van der Waals surface area contributed by atoms with Crippen molar-refractivity contribution in [3.63, 3.8) is 0 Å². The number of carbonyl (C=O) groups is 4. The Morgan fingerprint density at radius 1 is 0.905 bits per heavy atom. The SMILES string of the molecule is O=C1NCCCN(C(=O)c2cnc3ccccc3n2)CCOc2cccc(c2)[C@H]2CN(C(=O)CN3CCOC3=O)C[C@H]12. The molecule has 2 saturated heterocycles. The van der Waals surface area contributed by atoms with Crippen molar-refractivity contribution in [3.8, 4) is 5.75 Å². The number of para-hydroxylation sites is 2. The highest BCUT2D eigenvalue weighted by Crippen LogP contribution is 2.35. The molecule has 0 radical (unpaired) electrons. The van der Waals surface area contributed by atoms with Gasteiger partial charge in [-0.2, -0.15) is 0 Å². The fourth-order valence-corrected chi connectivity index (χ4v) is 5.70. The fourth-order valence-electron chi connectivity index (χ4n) is 5.70. The molecule has 218 valence electrons.